The van der Waals surface area contributed by atoms with E-state index in [0.29, 0.717) is 0 Å². The summed E-state index contributed by atoms with van der Waals surface area (Å²) in [6, 6.07) is 8.21. The quantitative estimate of drug-likeness (QED) is 0.551. The molecule has 0 bridgehead atoms. The van der Waals surface area contributed by atoms with E-state index in [9.17, 15) is 0 Å². The normalized spacial score (nSPS) is 25.9. The molecule has 4 heteroatoms. The van der Waals surface area contributed by atoms with Gasteiger partial charge in [-0.15, -0.1) is 35.6 Å². The van der Waals surface area contributed by atoms with E-state index in [0.717, 1.165) is 18.4 Å². The van der Waals surface area contributed by atoms with Gasteiger partial charge in [-0.1, -0.05) is 24.3 Å². The maximum Gasteiger partial charge on any atom is 0.110 e. The van der Waals surface area contributed by atoms with Gasteiger partial charge in [0.1, 0.15) is 5.50 Å². The molecule has 1 aliphatic rings. The molecule has 0 saturated heterocycles. The van der Waals surface area contributed by atoms with Crippen molar-refractivity contribution >= 4 is 35.6 Å². The Bertz CT molecular complexity index is 303. The highest BCUT2D eigenvalue weighted by Gasteiger charge is 2.19. The van der Waals surface area contributed by atoms with Crippen LogP contribution in [-0.4, -0.2) is 5.50 Å². The van der Waals surface area contributed by atoms with Crippen LogP contribution in [0.3, 0.4) is 0 Å². The Labute approximate surface area is 100 Å². The molecule has 0 saturated carbocycles. The summed E-state index contributed by atoms with van der Waals surface area (Å²) in [6.45, 7) is 0. The predicted octanol–water partition coefficient (Wildman–Crippen LogP) is 3.45. The number of rotatable bonds is 0. The Balaban J connectivity index is 0.000000980. The number of halogens is 3. The third-order valence-corrected chi connectivity index (χ3v) is 3.03. The molecule has 1 heterocycles. The highest BCUT2D eigenvalue weighted by molar-refractivity contribution is 6.23. The number of aryl methyl sites for hydroxylation is 1. The van der Waals surface area contributed by atoms with Crippen LogP contribution in [0.1, 0.15) is 23.0 Å². The molecule has 0 radical (unpaired) electrons. The molecule has 1 aliphatic heterocycles. The summed E-state index contributed by atoms with van der Waals surface area (Å²) in [5.41, 5.74) is 2.29. The number of benzene rings is 1. The Kier molecular flexibility index (Phi) is 4.52. The summed E-state index contributed by atoms with van der Waals surface area (Å²) < 4.78 is 0. The van der Waals surface area contributed by atoms with E-state index in [-0.39, 0.29) is 23.4 Å². The van der Waals surface area contributed by atoms with E-state index in [1.54, 1.807) is 0 Å². The van der Waals surface area contributed by atoms with Gasteiger partial charge in [0.25, 0.3) is 0 Å². The molecule has 2 atom stereocenters. The summed E-state index contributed by atoms with van der Waals surface area (Å²) in [7, 11) is 0. The Morgan fingerprint density at radius 2 is 1.93 bits per heavy atom. The molecule has 1 N–H and O–H groups in total. The van der Waals surface area contributed by atoms with E-state index in [2.05, 4.69) is 17.4 Å². The summed E-state index contributed by atoms with van der Waals surface area (Å²) in [4.78, 5) is 0. The number of fused-ring (bicyclic) bond motifs is 1. The second-order valence-electron chi connectivity index (χ2n) is 3.23. The highest BCUT2D eigenvalue weighted by atomic mass is 35.5. The first kappa shape index (κ1) is 12.1. The monoisotopic (exact) mass is 251 g/mol. The first-order valence-electron chi connectivity index (χ1n) is 4.39. The molecule has 1 nitrogen and oxygen atoms in total. The van der Waals surface area contributed by atoms with Crippen LogP contribution < -0.4 is 5.32 Å². The van der Waals surface area contributed by atoms with Crippen LogP contribution in [0.2, 0.25) is 0 Å². The number of hydrogen-bond donors (Lipinski definition) is 1. The zero-order chi connectivity index (χ0) is 9.26. The van der Waals surface area contributed by atoms with Gasteiger partial charge in [-0.3, -0.25) is 5.32 Å². The van der Waals surface area contributed by atoms with Gasteiger partial charge in [-0.25, -0.2) is 0 Å². The molecular weight excluding hydrogens is 240 g/mol. The van der Waals surface area contributed by atoms with Crippen molar-refractivity contribution in [2.75, 3.05) is 0 Å². The largest absolute Gasteiger partial charge is 0.282 e. The van der Waals surface area contributed by atoms with E-state index in [4.69, 9.17) is 23.2 Å². The summed E-state index contributed by atoms with van der Waals surface area (Å²) in [5, 5.41) is 3.13. The fourth-order valence-electron chi connectivity index (χ4n) is 1.62. The molecule has 2 unspecified atom stereocenters. The zero-order valence-electron chi connectivity index (χ0n) is 7.54. The lowest BCUT2D eigenvalue weighted by Crippen LogP contribution is -2.23. The third kappa shape index (κ3) is 2.54. The molecule has 1 aromatic carbocycles. The van der Waals surface area contributed by atoms with Crippen LogP contribution in [0.5, 0.6) is 0 Å². The van der Waals surface area contributed by atoms with Crippen molar-refractivity contribution < 1.29 is 0 Å². The van der Waals surface area contributed by atoms with Crippen molar-refractivity contribution in [3.8, 4) is 0 Å². The average Bonchev–Trinajstić information content (AvgIpc) is 2.27. The average molecular weight is 253 g/mol. The lowest BCUT2D eigenvalue weighted by atomic mass is 10.0. The van der Waals surface area contributed by atoms with Crippen LogP contribution in [0.25, 0.3) is 0 Å². The van der Waals surface area contributed by atoms with Crippen molar-refractivity contribution in [3.05, 3.63) is 35.4 Å². The fraction of sp³-hybridized carbons (Fsp3) is 0.400. The fourth-order valence-corrected chi connectivity index (χ4v) is 2.29. The van der Waals surface area contributed by atoms with Gasteiger partial charge in [0.05, 0.1) is 5.50 Å². The van der Waals surface area contributed by atoms with Crippen molar-refractivity contribution in [2.24, 2.45) is 0 Å². The minimum absolute atomic E-state index is 0. The summed E-state index contributed by atoms with van der Waals surface area (Å²) >= 11 is 12.2. The lowest BCUT2D eigenvalue weighted by molar-refractivity contribution is 0.613. The van der Waals surface area contributed by atoms with Crippen molar-refractivity contribution in [2.45, 2.75) is 23.8 Å². The first-order valence-corrected chi connectivity index (χ1v) is 5.26. The molecule has 0 fully saturated rings. The summed E-state index contributed by atoms with van der Waals surface area (Å²) in [5.74, 6) is 0. The molecular formula is C10H12Cl3N. The van der Waals surface area contributed by atoms with Crippen LogP contribution >= 0.6 is 35.6 Å². The molecule has 0 aliphatic carbocycles. The minimum atomic E-state index is -0.152. The van der Waals surface area contributed by atoms with Crippen LogP contribution in [0.15, 0.2) is 24.3 Å². The van der Waals surface area contributed by atoms with Crippen LogP contribution in [-0.2, 0) is 6.42 Å². The van der Waals surface area contributed by atoms with Crippen molar-refractivity contribution in [1.29, 1.82) is 0 Å². The number of alkyl halides is 2. The van der Waals surface area contributed by atoms with Crippen molar-refractivity contribution in [3.63, 3.8) is 0 Å². The summed E-state index contributed by atoms with van der Waals surface area (Å²) in [6.07, 6.45) is 1.93. The third-order valence-electron chi connectivity index (χ3n) is 2.32. The molecule has 14 heavy (non-hydrogen) atoms. The molecule has 0 amide bonds. The molecule has 1 aromatic rings. The first-order chi connectivity index (χ1) is 6.27. The van der Waals surface area contributed by atoms with E-state index in [1.165, 1.54) is 5.56 Å². The number of hydrogen-bond acceptors (Lipinski definition) is 1. The minimum Gasteiger partial charge on any atom is -0.282 e. The number of nitrogens with one attached hydrogen (secondary N) is 1. The second kappa shape index (κ2) is 5.22. The second-order valence-corrected chi connectivity index (χ2v) is 4.20. The van der Waals surface area contributed by atoms with Gasteiger partial charge >= 0.3 is 0 Å². The van der Waals surface area contributed by atoms with Gasteiger partial charge in [0.15, 0.2) is 0 Å². The molecule has 0 spiro atoms. The highest BCUT2D eigenvalue weighted by Crippen LogP contribution is 2.27. The van der Waals surface area contributed by atoms with Gasteiger partial charge in [-0.2, -0.15) is 0 Å². The zero-order valence-corrected chi connectivity index (χ0v) is 9.87. The Morgan fingerprint density at radius 1 is 1.21 bits per heavy atom. The smallest absolute Gasteiger partial charge is 0.110 e. The van der Waals surface area contributed by atoms with Crippen LogP contribution in [0, 0.1) is 0 Å². The van der Waals surface area contributed by atoms with E-state index < -0.39 is 0 Å². The topological polar surface area (TPSA) is 12.0 Å². The van der Waals surface area contributed by atoms with E-state index >= 15 is 0 Å². The van der Waals surface area contributed by atoms with Crippen molar-refractivity contribution in [1.82, 2.24) is 5.32 Å². The lowest BCUT2D eigenvalue weighted by Gasteiger charge is -2.13. The maximum absolute atomic E-state index is 6.15. The van der Waals surface area contributed by atoms with Gasteiger partial charge in [0.2, 0.25) is 0 Å². The van der Waals surface area contributed by atoms with E-state index in [1.807, 2.05) is 12.1 Å². The maximum atomic E-state index is 6.15. The molecule has 0 aromatic heterocycles. The van der Waals surface area contributed by atoms with Crippen LogP contribution in [0.4, 0.5) is 0 Å². The van der Waals surface area contributed by atoms with Gasteiger partial charge in [-0.05, 0) is 24.0 Å². The standard InChI is InChI=1S/C10H11Cl2N.ClH/c11-9-6-5-7-3-1-2-4-8(7)10(12)13-9;/h1-4,9-10,13H,5-6H2;1H. The van der Waals surface area contributed by atoms with Gasteiger partial charge in [0, 0.05) is 0 Å². The van der Waals surface area contributed by atoms with Gasteiger partial charge < -0.3 is 0 Å². The Morgan fingerprint density at radius 3 is 2.71 bits per heavy atom. The Hall–Kier alpha value is 0.0500. The molecule has 78 valence electrons. The SMILES string of the molecule is Cl.ClC1CCc2ccccc2C(Cl)N1. The predicted molar refractivity (Wildman–Crippen MR) is 63.4 cm³/mol. The molecule has 2 rings (SSSR count).